The molecule has 5 nitrogen and oxygen atoms in total. The molecule has 2 heterocycles. The third-order valence-electron chi connectivity index (χ3n) is 4.40. The topological polar surface area (TPSA) is 59.5 Å². The van der Waals surface area contributed by atoms with Gasteiger partial charge in [0, 0.05) is 18.9 Å². The Balaban J connectivity index is 1.83. The quantitative estimate of drug-likeness (QED) is 0.776. The average molecular weight is 274 g/mol. The summed E-state index contributed by atoms with van der Waals surface area (Å²) >= 11 is 0. The molecule has 0 atom stereocenters. The number of piperidine rings is 1. The molecular formula is C15H18N2O3. The number of rotatable bonds is 2. The van der Waals surface area contributed by atoms with Gasteiger partial charge in [-0.1, -0.05) is 12.8 Å². The lowest BCUT2D eigenvalue weighted by molar-refractivity contribution is -0.133. The summed E-state index contributed by atoms with van der Waals surface area (Å²) in [4.78, 5) is 30.1. The Morgan fingerprint density at radius 3 is 2.30 bits per heavy atom. The van der Waals surface area contributed by atoms with Gasteiger partial charge in [0.05, 0.1) is 19.0 Å². The Morgan fingerprint density at radius 1 is 1.15 bits per heavy atom. The van der Waals surface area contributed by atoms with Crippen LogP contribution in [0.3, 0.4) is 0 Å². The SMILES string of the molecule is COc1ccc(N2C(=O)CC3(CCCC3)CC2=O)cn1. The number of methoxy groups -OCH3 is 1. The molecule has 0 radical (unpaired) electrons. The lowest BCUT2D eigenvalue weighted by Crippen LogP contribution is -2.47. The van der Waals surface area contributed by atoms with Gasteiger partial charge in [0.25, 0.3) is 0 Å². The Labute approximate surface area is 117 Å². The summed E-state index contributed by atoms with van der Waals surface area (Å²) in [5, 5.41) is 0. The van der Waals surface area contributed by atoms with Crippen molar-refractivity contribution in [3.63, 3.8) is 0 Å². The molecule has 2 amide bonds. The van der Waals surface area contributed by atoms with Gasteiger partial charge in [-0.05, 0) is 24.3 Å². The molecule has 0 bridgehead atoms. The molecule has 1 aliphatic heterocycles. The minimum Gasteiger partial charge on any atom is -0.481 e. The summed E-state index contributed by atoms with van der Waals surface area (Å²) in [5.74, 6) is 0.267. The molecule has 0 aromatic carbocycles. The van der Waals surface area contributed by atoms with Crippen LogP contribution in [0.15, 0.2) is 18.3 Å². The van der Waals surface area contributed by atoms with Crippen LogP contribution in [0.5, 0.6) is 5.88 Å². The zero-order chi connectivity index (χ0) is 14.2. The van der Waals surface area contributed by atoms with Gasteiger partial charge in [0.1, 0.15) is 0 Å². The van der Waals surface area contributed by atoms with E-state index < -0.39 is 0 Å². The van der Waals surface area contributed by atoms with Gasteiger partial charge in [0.15, 0.2) is 0 Å². The maximum Gasteiger partial charge on any atom is 0.234 e. The van der Waals surface area contributed by atoms with Crippen LogP contribution in [-0.4, -0.2) is 23.9 Å². The number of hydrogen-bond donors (Lipinski definition) is 0. The van der Waals surface area contributed by atoms with E-state index >= 15 is 0 Å². The molecule has 1 spiro atoms. The van der Waals surface area contributed by atoms with Gasteiger partial charge >= 0.3 is 0 Å². The Morgan fingerprint density at radius 2 is 1.80 bits per heavy atom. The summed E-state index contributed by atoms with van der Waals surface area (Å²) < 4.78 is 4.99. The molecule has 20 heavy (non-hydrogen) atoms. The van der Waals surface area contributed by atoms with E-state index in [4.69, 9.17) is 4.74 Å². The van der Waals surface area contributed by atoms with Crippen molar-refractivity contribution in [1.29, 1.82) is 0 Å². The number of nitrogens with zero attached hydrogens (tertiary/aromatic N) is 2. The highest BCUT2D eigenvalue weighted by molar-refractivity contribution is 6.16. The second-order valence-corrected chi connectivity index (χ2v) is 5.74. The van der Waals surface area contributed by atoms with Crippen molar-refractivity contribution < 1.29 is 14.3 Å². The van der Waals surface area contributed by atoms with Crippen molar-refractivity contribution in [3.05, 3.63) is 18.3 Å². The number of imide groups is 1. The lowest BCUT2D eigenvalue weighted by atomic mass is 9.76. The highest BCUT2D eigenvalue weighted by Gasteiger charge is 2.45. The number of pyridine rings is 1. The van der Waals surface area contributed by atoms with Crippen LogP contribution in [0.25, 0.3) is 0 Å². The van der Waals surface area contributed by atoms with Gasteiger partial charge in [-0.15, -0.1) is 0 Å². The summed E-state index contributed by atoms with van der Waals surface area (Å²) in [6, 6.07) is 3.37. The van der Waals surface area contributed by atoms with Crippen LogP contribution >= 0.6 is 0 Å². The first-order chi connectivity index (χ1) is 9.63. The molecule has 3 rings (SSSR count). The van der Waals surface area contributed by atoms with E-state index in [1.807, 2.05) is 0 Å². The Kier molecular flexibility index (Phi) is 3.20. The smallest absolute Gasteiger partial charge is 0.234 e. The fourth-order valence-electron chi connectivity index (χ4n) is 3.39. The first-order valence-electron chi connectivity index (χ1n) is 6.99. The first-order valence-corrected chi connectivity index (χ1v) is 6.99. The van der Waals surface area contributed by atoms with Crippen LogP contribution in [0.2, 0.25) is 0 Å². The molecule has 5 heteroatoms. The second kappa shape index (κ2) is 4.89. The highest BCUT2D eigenvalue weighted by Crippen LogP contribution is 2.47. The van der Waals surface area contributed by atoms with Crippen LogP contribution in [0, 0.1) is 5.41 Å². The number of aromatic nitrogens is 1. The summed E-state index contributed by atoms with van der Waals surface area (Å²) in [7, 11) is 1.53. The molecule has 0 N–H and O–H groups in total. The van der Waals surface area contributed by atoms with E-state index in [-0.39, 0.29) is 17.2 Å². The minimum absolute atomic E-state index is 0.0649. The first kappa shape index (κ1) is 13.1. The second-order valence-electron chi connectivity index (χ2n) is 5.74. The van der Waals surface area contributed by atoms with E-state index in [2.05, 4.69) is 4.98 Å². The third kappa shape index (κ3) is 2.17. The van der Waals surface area contributed by atoms with Gasteiger partial charge in [0.2, 0.25) is 17.7 Å². The third-order valence-corrected chi connectivity index (χ3v) is 4.40. The molecule has 2 fully saturated rings. The van der Waals surface area contributed by atoms with Crippen molar-refractivity contribution in [2.45, 2.75) is 38.5 Å². The molecule has 2 aliphatic rings. The largest absolute Gasteiger partial charge is 0.481 e. The normalized spacial score (nSPS) is 21.6. The fourth-order valence-corrected chi connectivity index (χ4v) is 3.39. The maximum absolute atomic E-state index is 12.4. The summed E-state index contributed by atoms with van der Waals surface area (Å²) in [6.07, 6.45) is 6.73. The molecule has 1 aliphatic carbocycles. The zero-order valence-electron chi connectivity index (χ0n) is 11.6. The predicted molar refractivity (Wildman–Crippen MR) is 73.4 cm³/mol. The van der Waals surface area contributed by atoms with Crippen molar-refractivity contribution in [1.82, 2.24) is 4.98 Å². The molecule has 0 unspecified atom stereocenters. The van der Waals surface area contributed by atoms with E-state index in [0.717, 1.165) is 25.7 Å². The number of carbonyl (C=O) groups is 2. The van der Waals surface area contributed by atoms with Crippen molar-refractivity contribution >= 4 is 17.5 Å². The number of ether oxygens (including phenoxy) is 1. The van der Waals surface area contributed by atoms with Crippen LogP contribution in [0.1, 0.15) is 38.5 Å². The van der Waals surface area contributed by atoms with Crippen molar-refractivity contribution in [2.75, 3.05) is 12.0 Å². The number of amides is 2. The van der Waals surface area contributed by atoms with Crippen molar-refractivity contribution in [2.24, 2.45) is 5.41 Å². The lowest BCUT2D eigenvalue weighted by Gasteiger charge is -2.37. The van der Waals surface area contributed by atoms with Crippen LogP contribution < -0.4 is 9.64 Å². The molecule has 1 aromatic heterocycles. The molecular weight excluding hydrogens is 256 g/mol. The molecule has 1 aromatic rings. The van der Waals surface area contributed by atoms with Gasteiger partial charge in [-0.25, -0.2) is 9.88 Å². The van der Waals surface area contributed by atoms with Gasteiger partial charge in [-0.3, -0.25) is 9.59 Å². The van der Waals surface area contributed by atoms with E-state index in [0.29, 0.717) is 24.4 Å². The van der Waals surface area contributed by atoms with E-state index in [1.54, 1.807) is 12.1 Å². The molecule has 106 valence electrons. The number of hydrogen-bond acceptors (Lipinski definition) is 4. The minimum atomic E-state index is -0.102. The Hall–Kier alpha value is -1.91. The van der Waals surface area contributed by atoms with Crippen LogP contribution in [0.4, 0.5) is 5.69 Å². The maximum atomic E-state index is 12.4. The van der Waals surface area contributed by atoms with Crippen molar-refractivity contribution in [3.8, 4) is 5.88 Å². The number of anilines is 1. The summed E-state index contributed by atoms with van der Waals surface area (Å²) in [6.45, 7) is 0. The predicted octanol–water partition coefficient (Wildman–Crippen LogP) is 2.30. The molecule has 1 saturated carbocycles. The van der Waals surface area contributed by atoms with E-state index in [1.165, 1.54) is 18.2 Å². The highest BCUT2D eigenvalue weighted by atomic mass is 16.5. The summed E-state index contributed by atoms with van der Waals surface area (Å²) in [5.41, 5.74) is 0.471. The number of carbonyl (C=O) groups excluding carboxylic acids is 2. The molecule has 1 saturated heterocycles. The monoisotopic (exact) mass is 274 g/mol. The fraction of sp³-hybridized carbons (Fsp3) is 0.533. The Bertz CT molecular complexity index is 513. The van der Waals surface area contributed by atoms with Gasteiger partial charge < -0.3 is 4.74 Å². The van der Waals surface area contributed by atoms with E-state index in [9.17, 15) is 9.59 Å². The van der Waals surface area contributed by atoms with Crippen LogP contribution in [-0.2, 0) is 9.59 Å². The standard InChI is InChI=1S/C15H18N2O3/c1-20-12-5-4-11(10-16-12)17-13(18)8-15(9-14(17)19)6-2-3-7-15/h4-5,10H,2-3,6-9H2,1H3. The van der Waals surface area contributed by atoms with Gasteiger partial charge in [-0.2, -0.15) is 0 Å². The average Bonchev–Trinajstić information content (AvgIpc) is 2.86. The zero-order valence-corrected chi connectivity index (χ0v) is 11.6.